The van der Waals surface area contributed by atoms with Crippen LogP contribution in [0.3, 0.4) is 0 Å². The standard InChI is InChI=1S/C23H21N3O4S/c1-2-28-23(27)22-20(13-26(25-22)18-9-5-3-6-10-18)30-14-17-16-31-21(24-17)15-29-19-11-7-4-8-12-19/h3-13,16H,2,14-15H2,1H3. The van der Waals surface area contributed by atoms with Gasteiger partial charge in [0.15, 0.2) is 5.75 Å². The predicted molar refractivity (Wildman–Crippen MR) is 117 cm³/mol. The van der Waals surface area contributed by atoms with E-state index in [9.17, 15) is 4.79 Å². The van der Waals surface area contributed by atoms with Crippen LogP contribution in [0.25, 0.3) is 5.69 Å². The zero-order valence-corrected chi connectivity index (χ0v) is 17.7. The van der Waals surface area contributed by atoms with E-state index in [4.69, 9.17) is 14.2 Å². The Morgan fingerprint density at radius 2 is 1.74 bits per heavy atom. The summed E-state index contributed by atoms with van der Waals surface area (Å²) in [7, 11) is 0. The van der Waals surface area contributed by atoms with Crippen molar-refractivity contribution in [2.24, 2.45) is 0 Å². The van der Waals surface area contributed by atoms with Crippen LogP contribution in [0.5, 0.6) is 11.5 Å². The number of esters is 1. The maximum atomic E-state index is 12.3. The largest absolute Gasteiger partial charge is 0.486 e. The van der Waals surface area contributed by atoms with Crippen LogP contribution in [0.4, 0.5) is 0 Å². The van der Waals surface area contributed by atoms with Crippen molar-refractivity contribution in [3.05, 3.63) is 88.6 Å². The summed E-state index contributed by atoms with van der Waals surface area (Å²) in [5.74, 6) is 0.614. The van der Waals surface area contributed by atoms with E-state index in [1.807, 2.05) is 66.0 Å². The third kappa shape index (κ3) is 5.29. The number of carbonyl (C=O) groups is 1. The van der Waals surface area contributed by atoms with Crippen molar-refractivity contribution in [3.63, 3.8) is 0 Å². The fourth-order valence-corrected chi connectivity index (χ4v) is 3.50. The van der Waals surface area contributed by atoms with Crippen molar-refractivity contribution < 1.29 is 19.0 Å². The Hall–Kier alpha value is -3.65. The van der Waals surface area contributed by atoms with E-state index in [-0.39, 0.29) is 18.9 Å². The summed E-state index contributed by atoms with van der Waals surface area (Å²) in [5.41, 5.74) is 1.70. The van der Waals surface area contributed by atoms with Gasteiger partial charge in [0.25, 0.3) is 0 Å². The summed E-state index contributed by atoms with van der Waals surface area (Å²) in [6.07, 6.45) is 1.67. The van der Waals surface area contributed by atoms with Gasteiger partial charge in [-0.25, -0.2) is 14.5 Å². The molecule has 8 heteroatoms. The quantitative estimate of drug-likeness (QED) is 0.356. The maximum Gasteiger partial charge on any atom is 0.362 e. The van der Waals surface area contributed by atoms with Gasteiger partial charge in [-0.1, -0.05) is 36.4 Å². The van der Waals surface area contributed by atoms with Gasteiger partial charge >= 0.3 is 5.97 Å². The highest BCUT2D eigenvalue weighted by Crippen LogP contribution is 2.23. The van der Waals surface area contributed by atoms with E-state index >= 15 is 0 Å². The van der Waals surface area contributed by atoms with E-state index in [1.54, 1.807) is 17.8 Å². The second kappa shape index (κ2) is 9.90. The second-order valence-corrected chi connectivity index (χ2v) is 7.41. The Balaban J connectivity index is 1.44. The Kier molecular flexibility index (Phi) is 6.59. The average Bonchev–Trinajstić information content (AvgIpc) is 3.45. The molecule has 2 aromatic carbocycles. The zero-order valence-electron chi connectivity index (χ0n) is 16.9. The van der Waals surface area contributed by atoms with Crippen LogP contribution in [0.15, 0.2) is 72.2 Å². The zero-order chi connectivity index (χ0) is 21.5. The number of aromatic nitrogens is 3. The topological polar surface area (TPSA) is 75.5 Å². The smallest absolute Gasteiger partial charge is 0.362 e. The van der Waals surface area contributed by atoms with Gasteiger partial charge in [0.05, 0.1) is 24.2 Å². The molecule has 0 spiro atoms. The summed E-state index contributed by atoms with van der Waals surface area (Å²) in [6, 6.07) is 19.1. The number of hydrogen-bond donors (Lipinski definition) is 0. The molecule has 0 amide bonds. The number of thiazole rings is 1. The fraction of sp³-hybridized carbons (Fsp3) is 0.174. The van der Waals surface area contributed by atoms with Crippen molar-refractivity contribution in [2.75, 3.05) is 6.61 Å². The van der Waals surface area contributed by atoms with Crippen LogP contribution in [-0.4, -0.2) is 27.3 Å². The molecule has 0 fully saturated rings. The summed E-state index contributed by atoms with van der Waals surface area (Å²) >= 11 is 1.50. The summed E-state index contributed by atoms with van der Waals surface area (Å²) in [6.45, 7) is 2.59. The first kappa shape index (κ1) is 20.6. The van der Waals surface area contributed by atoms with Crippen molar-refractivity contribution >= 4 is 17.3 Å². The number of rotatable bonds is 9. The Bertz CT molecular complexity index is 1130. The SMILES string of the molecule is CCOC(=O)c1nn(-c2ccccc2)cc1OCc1csc(COc2ccccc2)n1. The van der Waals surface area contributed by atoms with E-state index in [1.165, 1.54) is 11.3 Å². The Morgan fingerprint density at radius 3 is 2.48 bits per heavy atom. The minimum absolute atomic E-state index is 0.133. The minimum atomic E-state index is -0.526. The lowest BCUT2D eigenvalue weighted by atomic mass is 10.3. The van der Waals surface area contributed by atoms with Gasteiger partial charge in [-0.2, -0.15) is 5.10 Å². The third-order valence-electron chi connectivity index (χ3n) is 4.25. The van der Waals surface area contributed by atoms with Crippen LogP contribution in [0.1, 0.15) is 28.1 Å². The van der Waals surface area contributed by atoms with E-state index in [0.717, 1.165) is 22.1 Å². The predicted octanol–water partition coefficient (Wildman–Crippen LogP) is 4.66. The molecule has 0 aliphatic carbocycles. The molecule has 0 unspecified atom stereocenters. The summed E-state index contributed by atoms with van der Waals surface area (Å²) in [5, 5.41) is 7.11. The van der Waals surface area contributed by atoms with Crippen molar-refractivity contribution in [3.8, 4) is 17.2 Å². The van der Waals surface area contributed by atoms with E-state index in [0.29, 0.717) is 12.4 Å². The van der Waals surface area contributed by atoms with Crippen molar-refractivity contribution in [1.82, 2.24) is 14.8 Å². The highest BCUT2D eigenvalue weighted by molar-refractivity contribution is 7.09. The van der Waals surface area contributed by atoms with E-state index in [2.05, 4.69) is 10.1 Å². The van der Waals surface area contributed by atoms with Crippen molar-refractivity contribution in [2.45, 2.75) is 20.1 Å². The number of carbonyl (C=O) groups excluding carboxylic acids is 1. The molecule has 4 rings (SSSR count). The lowest BCUT2D eigenvalue weighted by Gasteiger charge is -2.04. The van der Waals surface area contributed by atoms with Gasteiger partial charge in [0, 0.05) is 5.38 Å². The molecule has 0 aliphatic heterocycles. The molecular formula is C23H21N3O4S. The monoisotopic (exact) mass is 435 g/mol. The number of nitrogens with zero attached hydrogens (tertiary/aromatic N) is 3. The molecule has 31 heavy (non-hydrogen) atoms. The molecule has 0 bridgehead atoms. The Labute approximate surface area is 183 Å². The number of ether oxygens (including phenoxy) is 3. The molecule has 0 atom stereocenters. The van der Waals surface area contributed by atoms with Crippen molar-refractivity contribution in [1.29, 1.82) is 0 Å². The fourth-order valence-electron chi connectivity index (χ4n) is 2.81. The molecule has 0 saturated heterocycles. The average molecular weight is 436 g/mol. The van der Waals surface area contributed by atoms with Gasteiger partial charge in [-0.15, -0.1) is 11.3 Å². The highest BCUT2D eigenvalue weighted by atomic mass is 32.1. The number of para-hydroxylation sites is 2. The first-order valence-electron chi connectivity index (χ1n) is 9.79. The second-order valence-electron chi connectivity index (χ2n) is 6.47. The molecule has 0 radical (unpaired) electrons. The molecular weight excluding hydrogens is 414 g/mol. The Morgan fingerprint density at radius 1 is 1.00 bits per heavy atom. The molecule has 2 heterocycles. The van der Waals surface area contributed by atoms with Gasteiger partial charge in [-0.3, -0.25) is 0 Å². The van der Waals surface area contributed by atoms with Crippen LogP contribution in [-0.2, 0) is 18.0 Å². The number of benzene rings is 2. The number of hydrogen-bond acceptors (Lipinski definition) is 7. The van der Waals surface area contributed by atoms with Crippen LogP contribution in [0, 0.1) is 0 Å². The van der Waals surface area contributed by atoms with Crippen LogP contribution in [0.2, 0.25) is 0 Å². The first-order valence-corrected chi connectivity index (χ1v) is 10.7. The van der Waals surface area contributed by atoms with Gasteiger partial charge in [0.1, 0.15) is 24.0 Å². The molecule has 158 valence electrons. The lowest BCUT2D eigenvalue weighted by Crippen LogP contribution is -2.08. The first-order chi connectivity index (χ1) is 15.2. The summed E-state index contributed by atoms with van der Waals surface area (Å²) < 4.78 is 18.3. The summed E-state index contributed by atoms with van der Waals surface area (Å²) in [4.78, 5) is 16.9. The molecule has 7 nitrogen and oxygen atoms in total. The molecule has 0 saturated carbocycles. The highest BCUT2D eigenvalue weighted by Gasteiger charge is 2.20. The lowest BCUT2D eigenvalue weighted by molar-refractivity contribution is 0.0514. The van der Waals surface area contributed by atoms with Crippen LogP contribution < -0.4 is 9.47 Å². The van der Waals surface area contributed by atoms with Gasteiger partial charge in [-0.05, 0) is 31.2 Å². The minimum Gasteiger partial charge on any atom is -0.486 e. The molecule has 0 aliphatic rings. The van der Waals surface area contributed by atoms with Gasteiger partial charge in [0.2, 0.25) is 5.69 Å². The van der Waals surface area contributed by atoms with Gasteiger partial charge < -0.3 is 14.2 Å². The molecule has 0 N–H and O–H groups in total. The van der Waals surface area contributed by atoms with E-state index < -0.39 is 5.97 Å². The molecule has 2 aromatic heterocycles. The molecule has 4 aromatic rings. The third-order valence-corrected chi connectivity index (χ3v) is 5.12. The normalized spacial score (nSPS) is 10.6. The maximum absolute atomic E-state index is 12.3. The van der Waals surface area contributed by atoms with Crippen LogP contribution >= 0.6 is 11.3 Å².